The minimum atomic E-state index is -0.275. The minimum Gasteiger partial charge on any atom is -0.371 e. The zero-order valence-corrected chi connectivity index (χ0v) is 27.7. The summed E-state index contributed by atoms with van der Waals surface area (Å²) in [6, 6.07) is 17.3. The Kier molecular flexibility index (Phi) is 15.6. The predicted molar refractivity (Wildman–Crippen MR) is 180 cm³/mol. The predicted octanol–water partition coefficient (Wildman–Crippen LogP) is 7.95. The van der Waals surface area contributed by atoms with Crippen LogP contribution in [0.4, 0.5) is 5.69 Å². The first-order chi connectivity index (χ1) is 19.2. The van der Waals surface area contributed by atoms with Crippen LogP contribution in [-0.2, 0) is 18.9 Å². The number of hydrogen-bond acceptors (Lipinski definition) is 6. The second kappa shape index (κ2) is 17.8. The average Bonchev–Trinajstić information content (AvgIpc) is 3.64. The highest BCUT2D eigenvalue weighted by atomic mass is 127. The molecular formula is C34H55IN2O4. The molecule has 7 heteroatoms. The SMILES string of the molecule is C.CC(C)c1ccccc1I.CC(C)c1ccccc1N1CCC2(CC1)OCCO2.CCC1(CCNC)OCCO1. The molecule has 3 saturated heterocycles. The maximum Gasteiger partial charge on any atom is 0.171 e. The second-order valence-electron chi connectivity index (χ2n) is 11.3. The van der Waals surface area contributed by atoms with Crippen LogP contribution < -0.4 is 10.2 Å². The minimum absolute atomic E-state index is 0. The lowest BCUT2D eigenvalue weighted by Crippen LogP contribution is -2.45. The van der Waals surface area contributed by atoms with Crippen molar-refractivity contribution in [3.05, 3.63) is 63.2 Å². The largest absolute Gasteiger partial charge is 0.371 e. The topological polar surface area (TPSA) is 52.2 Å². The van der Waals surface area contributed by atoms with Gasteiger partial charge in [0, 0.05) is 41.6 Å². The first-order valence-corrected chi connectivity index (χ1v) is 16.1. The van der Waals surface area contributed by atoms with Crippen LogP contribution >= 0.6 is 22.6 Å². The number of para-hydroxylation sites is 1. The molecule has 2 aromatic carbocycles. The normalized spacial score (nSPS) is 18.9. The van der Waals surface area contributed by atoms with E-state index < -0.39 is 0 Å². The van der Waals surface area contributed by atoms with E-state index in [9.17, 15) is 0 Å². The van der Waals surface area contributed by atoms with Crippen LogP contribution in [0.2, 0.25) is 0 Å². The Labute approximate surface area is 264 Å². The third-order valence-corrected chi connectivity index (χ3v) is 8.86. The van der Waals surface area contributed by atoms with Gasteiger partial charge < -0.3 is 29.2 Å². The van der Waals surface area contributed by atoms with E-state index in [1.165, 1.54) is 20.4 Å². The van der Waals surface area contributed by atoms with Crippen molar-refractivity contribution in [1.82, 2.24) is 5.32 Å². The summed E-state index contributed by atoms with van der Waals surface area (Å²) in [6.07, 6.45) is 3.83. The van der Waals surface area contributed by atoms with Gasteiger partial charge in [0.2, 0.25) is 0 Å². The Bertz CT molecular complexity index is 994. The van der Waals surface area contributed by atoms with E-state index >= 15 is 0 Å². The summed E-state index contributed by atoms with van der Waals surface area (Å²) >= 11 is 2.38. The smallest absolute Gasteiger partial charge is 0.171 e. The summed E-state index contributed by atoms with van der Waals surface area (Å²) in [4.78, 5) is 2.48. The summed E-state index contributed by atoms with van der Waals surface area (Å²) in [6.45, 7) is 17.0. The van der Waals surface area contributed by atoms with Gasteiger partial charge in [-0.2, -0.15) is 0 Å². The van der Waals surface area contributed by atoms with E-state index in [1.807, 2.05) is 7.05 Å². The van der Waals surface area contributed by atoms with Gasteiger partial charge in [0.05, 0.1) is 26.4 Å². The summed E-state index contributed by atoms with van der Waals surface area (Å²) in [7, 11) is 1.94. The van der Waals surface area contributed by atoms with Gasteiger partial charge in [-0.1, -0.05) is 78.4 Å². The van der Waals surface area contributed by atoms with Crippen molar-refractivity contribution < 1.29 is 18.9 Å². The van der Waals surface area contributed by atoms with Gasteiger partial charge in [-0.3, -0.25) is 0 Å². The number of nitrogens with zero attached hydrogens (tertiary/aromatic N) is 1. The monoisotopic (exact) mass is 682 g/mol. The molecule has 0 saturated carbocycles. The Hall–Kier alpha value is -1.23. The molecule has 3 aliphatic rings. The number of piperidine rings is 1. The van der Waals surface area contributed by atoms with Crippen LogP contribution in [0, 0.1) is 3.57 Å². The number of rotatable bonds is 7. The lowest BCUT2D eigenvalue weighted by atomic mass is 9.97. The van der Waals surface area contributed by atoms with Gasteiger partial charge in [-0.15, -0.1) is 0 Å². The van der Waals surface area contributed by atoms with Crippen LogP contribution in [0.5, 0.6) is 0 Å². The molecule has 232 valence electrons. The molecule has 0 aliphatic carbocycles. The molecule has 1 N–H and O–H groups in total. The Balaban J connectivity index is 0.000000230. The Morgan fingerprint density at radius 3 is 1.80 bits per heavy atom. The second-order valence-corrected chi connectivity index (χ2v) is 12.5. The Morgan fingerprint density at radius 2 is 1.32 bits per heavy atom. The molecule has 0 bridgehead atoms. The molecule has 41 heavy (non-hydrogen) atoms. The molecule has 5 rings (SSSR count). The molecule has 0 unspecified atom stereocenters. The zero-order chi connectivity index (χ0) is 29.0. The van der Waals surface area contributed by atoms with Crippen LogP contribution in [0.1, 0.15) is 90.7 Å². The lowest BCUT2D eigenvalue weighted by molar-refractivity contribution is -0.169. The fourth-order valence-electron chi connectivity index (χ4n) is 5.42. The number of nitrogens with one attached hydrogen (secondary N) is 1. The molecule has 3 aliphatic heterocycles. The molecule has 3 fully saturated rings. The summed E-state index contributed by atoms with van der Waals surface area (Å²) in [5, 5.41) is 3.09. The molecule has 6 nitrogen and oxygen atoms in total. The van der Waals surface area contributed by atoms with Crippen LogP contribution in [0.25, 0.3) is 0 Å². The molecule has 1 spiro atoms. The molecular weight excluding hydrogens is 627 g/mol. The number of halogens is 1. The van der Waals surface area contributed by atoms with Crippen molar-refractivity contribution in [3.8, 4) is 0 Å². The summed E-state index contributed by atoms with van der Waals surface area (Å²) < 4.78 is 24.0. The van der Waals surface area contributed by atoms with Crippen molar-refractivity contribution in [2.24, 2.45) is 0 Å². The van der Waals surface area contributed by atoms with Crippen molar-refractivity contribution in [3.63, 3.8) is 0 Å². The lowest BCUT2D eigenvalue weighted by Gasteiger charge is -2.39. The van der Waals surface area contributed by atoms with Gasteiger partial charge >= 0.3 is 0 Å². The fraction of sp³-hybridized carbons (Fsp3) is 0.647. The average molecular weight is 683 g/mol. The van der Waals surface area contributed by atoms with Crippen molar-refractivity contribution in [2.45, 2.75) is 91.1 Å². The Morgan fingerprint density at radius 1 is 0.805 bits per heavy atom. The van der Waals surface area contributed by atoms with Gasteiger partial charge in [-0.05, 0) is 77.7 Å². The maximum atomic E-state index is 5.79. The molecule has 0 radical (unpaired) electrons. The van der Waals surface area contributed by atoms with E-state index in [0.717, 1.165) is 71.7 Å². The number of anilines is 1. The van der Waals surface area contributed by atoms with E-state index in [4.69, 9.17) is 18.9 Å². The van der Waals surface area contributed by atoms with Crippen LogP contribution in [0.3, 0.4) is 0 Å². The molecule has 3 heterocycles. The van der Waals surface area contributed by atoms with Crippen LogP contribution in [0.15, 0.2) is 48.5 Å². The number of ether oxygens (including phenoxy) is 4. The molecule has 0 amide bonds. The fourth-order valence-corrected chi connectivity index (χ4v) is 6.43. The van der Waals surface area contributed by atoms with E-state index in [0.29, 0.717) is 11.8 Å². The third kappa shape index (κ3) is 10.5. The van der Waals surface area contributed by atoms with Crippen molar-refractivity contribution >= 4 is 28.3 Å². The van der Waals surface area contributed by atoms with Gasteiger partial charge in [0.1, 0.15) is 0 Å². The maximum absolute atomic E-state index is 5.79. The molecule has 2 aromatic rings. The highest BCUT2D eigenvalue weighted by Crippen LogP contribution is 2.35. The molecule has 0 atom stereocenters. The molecule has 0 aromatic heterocycles. The highest BCUT2D eigenvalue weighted by Gasteiger charge is 2.40. The number of benzene rings is 2. The van der Waals surface area contributed by atoms with Crippen LogP contribution in [-0.4, -0.2) is 64.7 Å². The summed E-state index contributed by atoms with van der Waals surface area (Å²) in [5.41, 5.74) is 4.26. The van der Waals surface area contributed by atoms with E-state index in [-0.39, 0.29) is 19.0 Å². The highest BCUT2D eigenvalue weighted by molar-refractivity contribution is 14.1. The van der Waals surface area contributed by atoms with Gasteiger partial charge in [0.25, 0.3) is 0 Å². The third-order valence-electron chi connectivity index (χ3n) is 7.87. The zero-order valence-electron chi connectivity index (χ0n) is 25.5. The van der Waals surface area contributed by atoms with E-state index in [2.05, 4.69) is 116 Å². The van der Waals surface area contributed by atoms with Crippen molar-refractivity contribution in [2.75, 3.05) is 58.0 Å². The van der Waals surface area contributed by atoms with Gasteiger partial charge in [-0.25, -0.2) is 0 Å². The number of hydrogen-bond donors (Lipinski definition) is 1. The van der Waals surface area contributed by atoms with Gasteiger partial charge in [0.15, 0.2) is 11.6 Å². The first kappa shape index (κ1) is 36.0. The quantitative estimate of drug-likeness (QED) is 0.300. The van der Waals surface area contributed by atoms with Crippen molar-refractivity contribution in [1.29, 1.82) is 0 Å². The van der Waals surface area contributed by atoms with E-state index in [1.54, 1.807) is 0 Å². The summed E-state index contributed by atoms with van der Waals surface area (Å²) in [5.74, 6) is 0.658. The first-order valence-electron chi connectivity index (χ1n) is 15.0. The standard InChI is InChI=1S/C16H23NO2.C9H11I.C8H17NO2.CH4/c1-13(2)14-5-3-4-6-15(14)17-9-7-16(8-10-17)18-11-12-19-16;1-7(2)8-5-3-4-6-9(8)10;1-3-8(4-5-9-2)10-6-7-11-8;/h3-6,13H,7-12H2,1-2H3;3-7H,1-2H3;9H,3-7H2,1-2H3;1H4.